The molecule has 116 valence electrons. The Morgan fingerprint density at radius 1 is 1.38 bits per heavy atom. The summed E-state index contributed by atoms with van der Waals surface area (Å²) in [5.41, 5.74) is 1.91. The predicted octanol–water partition coefficient (Wildman–Crippen LogP) is 2.61. The fraction of sp³-hybridized carbons (Fsp3) is 0.750. The van der Waals surface area contributed by atoms with Gasteiger partial charge in [0, 0.05) is 37.1 Å². The summed E-state index contributed by atoms with van der Waals surface area (Å²) in [7, 11) is 1.99. The zero-order valence-corrected chi connectivity index (χ0v) is 13.6. The van der Waals surface area contributed by atoms with Gasteiger partial charge >= 0.3 is 0 Å². The molecule has 0 atom stereocenters. The minimum Gasteiger partial charge on any atom is -0.345 e. The number of hydrogen-bond donors (Lipinski definition) is 0. The van der Waals surface area contributed by atoms with Crippen LogP contribution in [0.2, 0.25) is 0 Å². The molecule has 1 aliphatic heterocycles. The largest absolute Gasteiger partial charge is 0.345 e. The Balaban J connectivity index is 1.40. The maximum absolute atomic E-state index is 12.2. The standard InChI is InChI=1S/C16H25N3OS/c1-18(16(20)14-3-2-4-14)10-13-5-7-19(8-6-13)11-15-9-17-12-21-15/h9,12-14H,2-8,10-11H2,1H3. The van der Waals surface area contributed by atoms with Crippen LogP contribution in [0, 0.1) is 11.8 Å². The average molecular weight is 307 g/mol. The quantitative estimate of drug-likeness (QED) is 0.839. The van der Waals surface area contributed by atoms with Crippen LogP contribution in [0.3, 0.4) is 0 Å². The number of carbonyl (C=O) groups is 1. The zero-order valence-electron chi connectivity index (χ0n) is 12.8. The topological polar surface area (TPSA) is 36.4 Å². The molecule has 1 aliphatic carbocycles. The molecule has 1 amide bonds. The van der Waals surface area contributed by atoms with Crippen molar-refractivity contribution in [3.05, 3.63) is 16.6 Å². The molecule has 1 saturated heterocycles. The first-order chi connectivity index (χ1) is 10.2. The Morgan fingerprint density at radius 2 is 2.14 bits per heavy atom. The highest BCUT2D eigenvalue weighted by Crippen LogP contribution is 2.29. The molecule has 0 bridgehead atoms. The summed E-state index contributed by atoms with van der Waals surface area (Å²) in [6, 6.07) is 0. The van der Waals surface area contributed by atoms with Crippen LogP contribution < -0.4 is 0 Å². The van der Waals surface area contributed by atoms with Gasteiger partial charge in [-0.3, -0.25) is 14.7 Å². The van der Waals surface area contributed by atoms with Gasteiger partial charge in [-0.25, -0.2) is 0 Å². The molecule has 5 heteroatoms. The third kappa shape index (κ3) is 3.83. The van der Waals surface area contributed by atoms with Crippen molar-refractivity contribution < 1.29 is 4.79 Å². The summed E-state index contributed by atoms with van der Waals surface area (Å²) in [4.78, 5) is 22.2. The van der Waals surface area contributed by atoms with Gasteiger partial charge in [-0.2, -0.15) is 0 Å². The lowest BCUT2D eigenvalue weighted by molar-refractivity contribution is -0.137. The summed E-state index contributed by atoms with van der Waals surface area (Å²) < 4.78 is 0. The average Bonchev–Trinajstić information content (AvgIpc) is 2.92. The molecular weight excluding hydrogens is 282 g/mol. The zero-order chi connectivity index (χ0) is 14.7. The van der Waals surface area contributed by atoms with Gasteiger partial charge in [0.15, 0.2) is 0 Å². The Kier molecular flexibility index (Phi) is 4.91. The number of carbonyl (C=O) groups excluding carboxylic acids is 1. The van der Waals surface area contributed by atoms with Crippen molar-refractivity contribution in [2.24, 2.45) is 11.8 Å². The lowest BCUT2D eigenvalue weighted by Crippen LogP contribution is -2.42. The molecule has 2 aliphatic rings. The van der Waals surface area contributed by atoms with E-state index in [1.54, 1.807) is 11.3 Å². The Bertz CT molecular complexity index is 450. The second kappa shape index (κ2) is 6.88. The van der Waals surface area contributed by atoms with E-state index in [4.69, 9.17) is 0 Å². The number of hydrogen-bond acceptors (Lipinski definition) is 4. The molecule has 0 aromatic carbocycles. The lowest BCUT2D eigenvalue weighted by Gasteiger charge is -2.35. The van der Waals surface area contributed by atoms with E-state index in [0.717, 1.165) is 39.0 Å². The van der Waals surface area contributed by atoms with Crippen molar-refractivity contribution in [2.75, 3.05) is 26.7 Å². The highest BCUT2D eigenvalue weighted by Gasteiger charge is 2.29. The van der Waals surface area contributed by atoms with Gasteiger partial charge in [0.05, 0.1) is 5.51 Å². The van der Waals surface area contributed by atoms with Crippen LogP contribution in [-0.2, 0) is 11.3 Å². The number of rotatable bonds is 5. The summed E-state index contributed by atoms with van der Waals surface area (Å²) in [5, 5.41) is 0. The summed E-state index contributed by atoms with van der Waals surface area (Å²) in [6.45, 7) is 4.28. The van der Waals surface area contributed by atoms with Gasteiger partial charge in [0.25, 0.3) is 0 Å². The van der Waals surface area contributed by atoms with Crippen LogP contribution in [0.5, 0.6) is 0 Å². The maximum atomic E-state index is 12.2. The van der Waals surface area contributed by atoms with Crippen molar-refractivity contribution in [3.63, 3.8) is 0 Å². The summed E-state index contributed by atoms with van der Waals surface area (Å²) in [6.07, 6.45) is 7.84. The molecule has 0 spiro atoms. The highest BCUT2D eigenvalue weighted by atomic mass is 32.1. The molecule has 4 nitrogen and oxygen atoms in total. The second-order valence-electron chi connectivity index (χ2n) is 6.53. The van der Waals surface area contributed by atoms with Crippen LogP contribution in [0.1, 0.15) is 37.0 Å². The normalized spacial score (nSPS) is 21.2. The van der Waals surface area contributed by atoms with Crippen LogP contribution in [0.4, 0.5) is 0 Å². The van der Waals surface area contributed by atoms with Crippen molar-refractivity contribution in [1.29, 1.82) is 0 Å². The fourth-order valence-electron chi connectivity index (χ4n) is 3.31. The number of nitrogens with zero attached hydrogens (tertiary/aromatic N) is 3. The molecular formula is C16H25N3OS. The Morgan fingerprint density at radius 3 is 2.71 bits per heavy atom. The van der Waals surface area contributed by atoms with E-state index in [0.29, 0.717) is 17.7 Å². The van der Waals surface area contributed by atoms with Gasteiger partial charge in [0.1, 0.15) is 0 Å². The van der Waals surface area contributed by atoms with Crippen molar-refractivity contribution in [3.8, 4) is 0 Å². The molecule has 3 rings (SSSR count). The Hall–Kier alpha value is -0.940. The van der Waals surface area contributed by atoms with E-state index in [-0.39, 0.29) is 0 Å². The van der Waals surface area contributed by atoms with E-state index in [1.165, 1.54) is 24.1 Å². The first-order valence-electron chi connectivity index (χ1n) is 8.07. The van der Waals surface area contributed by atoms with E-state index >= 15 is 0 Å². The minimum atomic E-state index is 0.335. The van der Waals surface area contributed by atoms with E-state index < -0.39 is 0 Å². The highest BCUT2D eigenvalue weighted by molar-refractivity contribution is 7.09. The molecule has 2 heterocycles. The molecule has 2 fully saturated rings. The lowest BCUT2D eigenvalue weighted by atomic mass is 9.84. The molecule has 0 unspecified atom stereocenters. The van der Waals surface area contributed by atoms with Crippen LogP contribution in [-0.4, -0.2) is 47.4 Å². The second-order valence-corrected chi connectivity index (χ2v) is 7.50. The molecule has 1 aromatic heterocycles. The first kappa shape index (κ1) is 15.0. The smallest absolute Gasteiger partial charge is 0.225 e. The van der Waals surface area contributed by atoms with Crippen molar-refractivity contribution >= 4 is 17.2 Å². The van der Waals surface area contributed by atoms with Crippen molar-refractivity contribution in [2.45, 2.75) is 38.6 Å². The minimum absolute atomic E-state index is 0.335. The molecule has 1 aromatic rings. The van der Waals surface area contributed by atoms with Crippen LogP contribution >= 0.6 is 11.3 Å². The van der Waals surface area contributed by atoms with Gasteiger partial charge in [0.2, 0.25) is 5.91 Å². The first-order valence-corrected chi connectivity index (χ1v) is 8.95. The number of amides is 1. The third-order valence-electron chi connectivity index (χ3n) is 4.93. The number of aromatic nitrogens is 1. The Labute approximate surface area is 131 Å². The molecule has 0 radical (unpaired) electrons. The van der Waals surface area contributed by atoms with E-state index in [1.807, 2.05) is 23.7 Å². The van der Waals surface area contributed by atoms with Crippen LogP contribution in [0.25, 0.3) is 0 Å². The molecule has 21 heavy (non-hydrogen) atoms. The van der Waals surface area contributed by atoms with Crippen LogP contribution in [0.15, 0.2) is 11.7 Å². The SMILES string of the molecule is CN(CC1CCN(Cc2cncs2)CC1)C(=O)C1CCC1. The monoisotopic (exact) mass is 307 g/mol. The molecule has 0 N–H and O–H groups in total. The summed E-state index contributed by atoms with van der Waals surface area (Å²) >= 11 is 1.74. The maximum Gasteiger partial charge on any atom is 0.225 e. The predicted molar refractivity (Wildman–Crippen MR) is 85.1 cm³/mol. The fourth-order valence-corrected chi connectivity index (χ4v) is 3.95. The summed E-state index contributed by atoms with van der Waals surface area (Å²) in [5.74, 6) is 1.39. The third-order valence-corrected chi connectivity index (χ3v) is 5.70. The number of likely N-dealkylation sites (tertiary alicyclic amines) is 1. The number of thiazole rings is 1. The molecule has 1 saturated carbocycles. The van der Waals surface area contributed by atoms with Gasteiger partial charge in [-0.1, -0.05) is 6.42 Å². The van der Waals surface area contributed by atoms with Gasteiger partial charge in [-0.05, 0) is 44.7 Å². The number of piperidine rings is 1. The van der Waals surface area contributed by atoms with E-state index in [2.05, 4.69) is 9.88 Å². The van der Waals surface area contributed by atoms with E-state index in [9.17, 15) is 4.79 Å². The van der Waals surface area contributed by atoms with Crippen molar-refractivity contribution in [1.82, 2.24) is 14.8 Å². The van der Waals surface area contributed by atoms with Gasteiger partial charge < -0.3 is 4.90 Å². The van der Waals surface area contributed by atoms with Gasteiger partial charge in [-0.15, -0.1) is 11.3 Å².